The van der Waals surface area contributed by atoms with Crippen LogP contribution in [0.3, 0.4) is 0 Å². The number of fused-ring (bicyclic) bond motifs is 2. The molecule has 0 saturated carbocycles. The fourth-order valence-corrected chi connectivity index (χ4v) is 3.94. The highest BCUT2D eigenvalue weighted by molar-refractivity contribution is 7.17. The summed E-state index contributed by atoms with van der Waals surface area (Å²) in [7, 11) is 0. The molecule has 1 aliphatic rings. The lowest BCUT2D eigenvalue weighted by molar-refractivity contribution is 0.0753. The Bertz CT molecular complexity index is 977. The number of carbonyl (C=O) groups is 1. The number of thiophene rings is 1. The minimum atomic E-state index is -0.102. The molecule has 1 aliphatic heterocycles. The molecule has 3 aromatic heterocycles. The van der Waals surface area contributed by atoms with Crippen molar-refractivity contribution in [2.75, 3.05) is 13.1 Å². The summed E-state index contributed by atoms with van der Waals surface area (Å²) in [6.45, 7) is 3.46. The van der Waals surface area contributed by atoms with E-state index in [2.05, 4.69) is 9.97 Å². The van der Waals surface area contributed by atoms with E-state index in [1.807, 2.05) is 12.3 Å². The number of aromatic nitrogens is 3. The average Bonchev–Trinajstić information content (AvgIpc) is 2.85. The summed E-state index contributed by atoms with van der Waals surface area (Å²) in [5, 5.41) is 1.97. The molecule has 4 heterocycles. The number of hydrogen-bond donors (Lipinski definition) is 0. The van der Waals surface area contributed by atoms with E-state index in [1.54, 1.807) is 33.9 Å². The second kappa shape index (κ2) is 5.83. The van der Waals surface area contributed by atoms with Crippen LogP contribution in [-0.2, 0) is 13.0 Å². The number of nitrogens with zero attached hydrogens (tertiary/aromatic N) is 4. The van der Waals surface area contributed by atoms with E-state index in [9.17, 15) is 9.59 Å². The minimum Gasteiger partial charge on any atom is -0.335 e. The first-order chi connectivity index (χ1) is 11.6. The first-order valence-electron chi connectivity index (χ1n) is 7.83. The molecule has 24 heavy (non-hydrogen) atoms. The normalized spacial score (nSPS) is 14.5. The topological polar surface area (TPSA) is 68.1 Å². The smallest absolute Gasteiger partial charge is 0.272 e. The van der Waals surface area contributed by atoms with Gasteiger partial charge >= 0.3 is 0 Å². The molecule has 0 spiro atoms. The van der Waals surface area contributed by atoms with Crippen LogP contribution in [0.25, 0.3) is 10.2 Å². The van der Waals surface area contributed by atoms with Gasteiger partial charge in [0.2, 0.25) is 0 Å². The van der Waals surface area contributed by atoms with Crippen molar-refractivity contribution in [2.45, 2.75) is 19.9 Å². The zero-order valence-corrected chi connectivity index (χ0v) is 14.0. The quantitative estimate of drug-likeness (QED) is 0.678. The molecule has 3 aromatic rings. The molecule has 122 valence electrons. The summed E-state index contributed by atoms with van der Waals surface area (Å²) in [6, 6.07) is 5.30. The Kier molecular flexibility index (Phi) is 3.65. The Labute approximate surface area is 142 Å². The first-order valence-corrected chi connectivity index (χ1v) is 8.71. The van der Waals surface area contributed by atoms with E-state index in [4.69, 9.17) is 0 Å². The van der Waals surface area contributed by atoms with Crippen LogP contribution in [0.15, 0.2) is 34.6 Å². The van der Waals surface area contributed by atoms with Crippen molar-refractivity contribution < 1.29 is 4.79 Å². The number of rotatable bonds is 1. The largest absolute Gasteiger partial charge is 0.335 e. The molecule has 4 rings (SSSR count). The van der Waals surface area contributed by atoms with Crippen LogP contribution >= 0.6 is 11.3 Å². The number of hydrogen-bond acceptors (Lipinski definition) is 5. The van der Waals surface area contributed by atoms with Gasteiger partial charge in [-0.3, -0.25) is 19.1 Å². The van der Waals surface area contributed by atoms with E-state index >= 15 is 0 Å². The fourth-order valence-electron chi connectivity index (χ4n) is 3.00. The third-order valence-electron chi connectivity index (χ3n) is 4.30. The van der Waals surface area contributed by atoms with Crippen LogP contribution in [-0.4, -0.2) is 38.4 Å². The summed E-state index contributed by atoms with van der Waals surface area (Å²) < 4.78 is 2.41. The van der Waals surface area contributed by atoms with Gasteiger partial charge in [0.05, 0.1) is 5.52 Å². The highest BCUT2D eigenvalue weighted by atomic mass is 32.1. The molecule has 0 bridgehead atoms. The summed E-state index contributed by atoms with van der Waals surface area (Å²) in [4.78, 5) is 35.8. The van der Waals surface area contributed by atoms with E-state index in [-0.39, 0.29) is 11.5 Å². The van der Waals surface area contributed by atoms with Gasteiger partial charge in [-0.15, -0.1) is 11.3 Å². The van der Waals surface area contributed by atoms with E-state index < -0.39 is 0 Å². The third-order valence-corrected chi connectivity index (χ3v) is 5.38. The van der Waals surface area contributed by atoms with Crippen LogP contribution in [0.2, 0.25) is 0 Å². The number of amides is 1. The Balaban J connectivity index is 1.67. The van der Waals surface area contributed by atoms with Gasteiger partial charge in [0.15, 0.2) is 0 Å². The lowest BCUT2D eigenvalue weighted by atomic mass is 10.3. The van der Waals surface area contributed by atoms with E-state index in [0.717, 1.165) is 16.9 Å². The number of pyridine rings is 1. The molecule has 0 saturated heterocycles. The number of aryl methyl sites for hydroxylation is 1. The summed E-state index contributed by atoms with van der Waals surface area (Å²) in [5.41, 5.74) is 2.25. The van der Waals surface area contributed by atoms with Crippen LogP contribution in [0, 0.1) is 6.92 Å². The van der Waals surface area contributed by atoms with Crippen molar-refractivity contribution in [3.63, 3.8) is 0 Å². The van der Waals surface area contributed by atoms with Gasteiger partial charge in [0.1, 0.15) is 16.2 Å². The molecule has 0 aliphatic carbocycles. The van der Waals surface area contributed by atoms with Crippen molar-refractivity contribution in [2.24, 2.45) is 0 Å². The fraction of sp³-hybridized carbons (Fsp3) is 0.294. The van der Waals surface area contributed by atoms with Crippen molar-refractivity contribution in [3.05, 3.63) is 57.2 Å². The minimum absolute atomic E-state index is 0.000218. The Hall–Kier alpha value is -2.54. The van der Waals surface area contributed by atoms with Crippen molar-refractivity contribution >= 4 is 27.5 Å². The van der Waals surface area contributed by atoms with Crippen molar-refractivity contribution in [1.82, 2.24) is 19.4 Å². The first kappa shape index (κ1) is 15.0. The molecule has 1 amide bonds. The molecule has 0 aromatic carbocycles. The molecular weight excluding hydrogens is 324 g/mol. The second-order valence-corrected chi connectivity index (χ2v) is 6.72. The van der Waals surface area contributed by atoms with Gasteiger partial charge in [0, 0.05) is 32.3 Å². The van der Waals surface area contributed by atoms with Gasteiger partial charge in [-0.05, 0) is 30.0 Å². The molecule has 0 radical (unpaired) electrons. The van der Waals surface area contributed by atoms with Gasteiger partial charge in [-0.25, -0.2) is 4.98 Å². The van der Waals surface area contributed by atoms with Crippen LogP contribution in [0.4, 0.5) is 0 Å². The maximum atomic E-state index is 12.7. The molecule has 0 unspecified atom stereocenters. The van der Waals surface area contributed by atoms with Crippen molar-refractivity contribution in [1.29, 1.82) is 0 Å². The highest BCUT2D eigenvalue weighted by Gasteiger charge is 2.23. The second-order valence-electron chi connectivity index (χ2n) is 5.84. The molecule has 0 N–H and O–H groups in total. The van der Waals surface area contributed by atoms with E-state index in [1.165, 1.54) is 11.3 Å². The van der Waals surface area contributed by atoms with Gasteiger partial charge < -0.3 is 4.90 Å². The van der Waals surface area contributed by atoms with Crippen LogP contribution < -0.4 is 5.56 Å². The Morgan fingerprint density at radius 2 is 2.12 bits per heavy atom. The van der Waals surface area contributed by atoms with Crippen LogP contribution in [0.5, 0.6) is 0 Å². The summed E-state index contributed by atoms with van der Waals surface area (Å²) >= 11 is 1.44. The summed E-state index contributed by atoms with van der Waals surface area (Å²) in [5.74, 6) is 0.653. The maximum absolute atomic E-state index is 12.7. The lowest BCUT2D eigenvalue weighted by Gasteiger charge is -2.19. The maximum Gasteiger partial charge on any atom is 0.272 e. The molecule has 7 heteroatoms. The zero-order valence-electron chi connectivity index (χ0n) is 13.2. The average molecular weight is 340 g/mol. The third kappa shape index (κ3) is 2.41. The molecule has 0 atom stereocenters. The Morgan fingerprint density at radius 1 is 1.25 bits per heavy atom. The van der Waals surface area contributed by atoms with Crippen LogP contribution in [0.1, 0.15) is 21.9 Å². The molecule has 6 nitrogen and oxygen atoms in total. The monoisotopic (exact) mass is 340 g/mol. The Morgan fingerprint density at radius 3 is 2.92 bits per heavy atom. The highest BCUT2D eigenvalue weighted by Crippen LogP contribution is 2.21. The SMILES string of the molecule is Cc1csc2c(=O)n3c(nc12)CCN(C(=O)c1ccccn1)CC3. The van der Waals surface area contributed by atoms with E-state index in [0.29, 0.717) is 36.4 Å². The standard InChI is InChI=1S/C17H16N4O2S/c1-11-10-24-15-14(11)19-13-5-7-20(8-9-21(13)17(15)23)16(22)12-4-2-3-6-18-12/h2-4,6,10H,5,7-9H2,1H3. The lowest BCUT2D eigenvalue weighted by Crippen LogP contribution is -2.34. The predicted molar refractivity (Wildman–Crippen MR) is 92.5 cm³/mol. The van der Waals surface area contributed by atoms with Crippen molar-refractivity contribution in [3.8, 4) is 0 Å². The van der Waals surface area contributed by atoms with Gasteiger partial charge in [-0.2, -0.15) is 0 Å². The summed E-state index contributed by atoms with van der Waals surface area (Å²) in [6.07, 6.45) is 2.18. The van der Waals surface area contributed by atoms with Gasteiger partial charge in [0.25, 0.3) is 11.5 Å². The molecular formula is C17H16N4O2S. The molecule has 0 fully saturated rings. The number of carbonyl (C=O) groups excluding carboxylic acids is 1. The van der Waals surface area contributed by atoms with Gasteiger partial charge in [-0.1, -0.05) is 6.07 Å². The zero-order chi connectivity index (χ0) is 16.7. The predicted octanol–water partition coefficient (Wildman–Crippen LogP) is 1.86.